The lowest BCUT2D eigenvalue weighted by Gasteiger charge is -2.17. The first kappa shape index (κ1) is 26.8. The average molecular weight is 529 g/mol. The van der Waals surface area contributed by atoms with Crippen molar-refractivity contribution < 1.29 is 27.6 Å². The van der Waals surface area contributed by atoms with Crippen LogP contribution in [0.5, 0.6) is 0 Å². The van der Waals surface area contributed by atoms with E-state index in [2.05, 4.69) is 26.3 Å². The van der Waals surface area contributed by atoms with Crippen molar-refractivity contribution in [2.24, 2.45) is 5.92 Å². The molecule has 1 aliphatic carbocycles. The first-order chi connectivity index (χ1) is 18.0. The third-order valence-electron chi connectivity index (χ3n) is 6.22. The van der Waals surface area contributed by atoms with E-state index in [0.717, 1.165) is 23.1 Å². The van der Waals surface area contributed by atoms with Gasteiger partial charge in [-0.25, -0.2) is 9.67 Å². The number of amides is 3. The maximum Gasteiger partial charge on any atom is 0.435 e. The number of pyridine rings is 1. The maximum atomic E-state index is 13.6. The highest BCUT2D eigenvalue weighted by atomic mass is 19.4. The van der Waals surface area contributed by atoms with Crippen LogP contribution in [0.3, 0.4) is 0 Å². The van der Waals surface area contributed by atoms with E-state index in [9.17, 15) is 27.6 Å². The molecule has 12 heteroatoms. The first-order valence-electron chi connectivity index (χ1n) is 12.2. The molecule has 38 heavy (non-hydrogen) atoms. The van der Waals surface area contributed by atoms with Crippen LogP contribution in [-0.2, 0) is 23.8 Å². The number of hydrogen-bond acceptors (Lipinski definition) is 5. The SMILES string of the molecule is CCc1cc(C)c(NC(=O)c2cc(C(F)(F)F)nn2-c2ncccc2CC)c(C(=O)NNC(=O)C2CC2)c1. The fraction of sp³-hybridized carbons (Fsp3) is 0.346. The standard InChI is InChI=1S/C26H27F3N6O3/c1-4-15-11-14(3)21(18(12-15)24(37)33-32-23(36)17-8-9-17)31-25(38)19-13-20(26(27,28)29)34-35(19)22-16(5-2)7-6-10-30-22/h6-7,10-13,17H,4-5,8-9H2,1-3H3,(H,31,38)(H,32,36)(H,33,37). The Labute approximate surface area is 216 Å². The number of hydrogen-bond donors (Lipinski definition) is 3. The molecule has 3 aromatic rings. The number of anilines is 1. The van der Waals surface area contributed by atoms with Crippen molar-refractivity contribution in [3.8, 4) is 5.82 Å². The molecule has 1 aliphatic rings. The molecule has 3 amide bonds. The summed E-state index contributed by atoms with van der Waals surface area (Å²) in [4.78, 5) is 42.6. The first-order valence-corrected chi connectivity index (χ1v) is 12.2. The topological polar surface area (TPSA) is 118 Å². The Morgan fingerprint density at radius 1 is 1.05 bits per heavy atom. The van der Waals surface area contributed by atoms with Gasteiger partial charge in [-0.05, 0) is 61.4 Å². The molecule has 3 N–H and O–H groups in total. The molecule has 0 atom stereocenters. The van der Waals surface area contributed by atoms with Crippen LogP contribution in [0.25, 0.3) is 5.82 Å². The fourth-order valence-electron chi connectivity index (χ4n) is 3.96. The van der Waals surface area contributed by atoms with Gasteiger partial charge in [0.25, 0.3) is 11.8 Å². The molecule has 4 rings (SSSR count). The maximum absolute atomic E-state index is 13.6. The molecule has 0 radical (unpaired) electrons. The Morgan fingerprint density at radius 3 is 2.42 bits per heavy atom. The van der Waals surface area contributed by atoms with Crippen molar-refractivity contribution in [1.29, 1.82) is 0 Å². The van der Waals surface area contributed by atoms with Gasteiger partial charge in [0.05, 0.1) is 11.3 Å². The highest BCUT2D eigenvalue weighted by molar-refractivity contribution is 6.09. The van der Waals surface area contributed by atoms with Crippen LogP contribution in [0.15, 0.2) is 36.5 Å². The largest absolute Gasteiger partial charge is 0.435 e. The zero-order valence-corrected chi connectivity index (χ0v) is 21.1. The molecule has 0 unspecified atom stereocenters. The quantitative estimate of drug-likeness (QED) is 0.399. The second kappa shape index (κ2) is 10.6. The van der Waals surface area contributed by atoms with E-state index in [0.29, 0.717) is 30.0 Å². The molecule has 1 saturated carbocycles. The summed E-state index contributed by atoms with van der Waals surface area (Å²) in [6.45, 7) is 5.36. The van der Waals surface area contributed by atoms with Gasteiger partial charge in [0, 0.05) is 18.2 Å². The lowest BCUT2D eigenvalue weighted by molar-refractivity contribution is -0.141. The van der Waals surface area contributed by atoms with E-state index in [4.69, 9.17) is 0 Å². The summed E-state index contributed by atoms with van der Waals surface area (Å²) in [6.07, 6.45) is -0.874. The third-order valence-corrected chi connectivity index (χ3v) is 6.22. The number of aryl methyl sites for hydroxylation is 3. The smallest absolute Gasteiger partial charge is 0.320 e. The van der Waals surface area contributed by atoms with Gasteiger partial charge in [-0.2, -0.15) is 18.3 Å². The molecule has 1 fully saturated rings. The number of nitrogens with one attached hydrogen (secondary N) is 3. The van der Waals surface area contributed by atoms with E-state index in [-0.39, 0.29) is 28.9 Å². The van der Waals surface area contributed by atoms with Crippen LogP contribution >= 0.6 is 0 Å². The molecule has 2 aromatic heterocycles. The minimum atomic E-state index is -4.80. The van der Waals surface area contributed by atoms with Gasteiger partial charge in [0.15, 0.2) is 11.5 Å². The van der Waals surface area contributed by atoms with E-state index in [1.165, 1.54) is 6.20 Å². The van der Waals surface area contributed by atoms with Crippen LogP contribution in [0.4, 0.5) is 18.9 Å². The van der Waals surface area contributed by atoms with Crippen molar-refractivity contribution >= 4 is 23.4 Å². The molecular formula is C26H27F3N6O3. The number of nitrogens with zero attached hydrogens (tertiary/aromatic N) is 3. The molecule has 2 heterocycles. The summed E-state index contributed by atoms with van der Waals surface area (Å²) in [5, 5.41) is 6.24. The van der Waals surface area contributed by atoms with Gasteiger partial charge in [0.2, 0.25) is 5.91 Å². The Bertz CT molecular complexity index is 1400. The van der Waals surface area contributed by atoms with Gasteiger partial charge in [0.1, 0.15) is 5.69 Å². The molecule has 9 nitrogen and oxygen atoms in total. The van der Waals surface area contributed by atoms with Crippen molar-refractivity contribution in [2.75, 3.05) is 5.32 Å². The minimum Gasteiger partial charge on any atom is -0.320 e. The van der Waals surface area contributed by atoms with E-state index < -0.39 is 29.4 Å². The highest BCUT2D eigenvalue weighted by Crippen LogP contribution is 2.31. The van der Waals surface area contributed by atoms with Gasteiger partial charge in [-0.3, -0.25) is 25.2 Å². The van der Waals surface area contributed by atoms with Crippen molar-refractivity contribution in [1.82, 2.24) is 25.6 Å². The lowest BCUT2D eigenvalue weighted by Crippen LogP contribution is -2.42. The van der Waals surface area contributed by atoms with Crippen LogP contribution in [0.2, 0.25) is 0 Å². The zero-order valence-electron chi connectivity index (χ0n) is 21.1. The summed E-state index contributed by atoms with van der Waals surface area (Å²) in [6, 6.07) is 7.30. The van der Waals surface area contributed by atoms with Crippen LogP contribution in [0, 0.1) is 12.8 Å². The average Bonchev–Trinajstić information content (AvgIpc) is 3.64. The summed E-state index contributed by atoms with van der Waals surface area (Å²) in [7, 11) is 0. The summed E-state index contributed by atoms with van der Waals surface area (Å²) in [5.41, 5.74) is 5.14. The Hall–Kier alpha value is -4.22. The molecule has 0 saturated heterocycles. The highest BCUT2D eigenvalue weighted by Gasteiger charge is 2.37. The monoisotopic (exact) mass is 528 g/mol. The predicted octanol–water partition coefficient (Wildman–Crippen LogP) is 4.14. The number of benzene rings is 1. The number of halogens is 3. The summed E-state index contributed by atoms with van der Waals surface area (Å²) in [5.74, 6) is -1.94. The number of rotatable bonds is 7. The molecule has 0 aliphatic heterocycles. The van der Waals surface area contributed by atoms with E-state index in [1.807, 2.05) is 6.92 Å². The van der Waals surface area contributed by atoms with Gasteiger partial charge >= 0.3 is 6.18 Å². The normalized spacial score (nSPS) is 13.2. The van der Waals surface area contributed by atoms with Crippen LogP contribution < -0.4 is 16.2 Å². The number of alkyl halides is 3. The molecule has 0 bridgehead atoms. The van der Waals surface area contributed by atoms with Crippen molar-refractivity contribution in [2.45, 2.75) is 52.6 Å². The number of carbonyl (C=O) groups excluding carboxylic acids is 3. The summed E-state index contributed by atoms with van der Waals surface area (Å²) >= 11 is 0. The van der Waals surface area contributed by atoms with E-state index in [1.54, 1.807) is 38.1 Å². The Balaban J connectivity index is 1.72. The van der Waals surface area contributed by atoms with Crippen LogP contribution in [-0.4, -0.2) is 32.5 Å². The van der Waals surface area contributed by atoms with Crippen LogP contribution in [0.1, 0.15) is 69.9 Å². The predicted molar refractivity (Wildman–Crippen MR) is 133 cm³/mol. The number of hydrazine groups is 1. The Morgan fingerprint density at radius 2 is 1.79 bits per heavy atom. The number of aromatic nitrogens is 3. The van der Waals surface area contributed by atoms with E-state index >= 15 is 0 Å². The molecule has 0 spiro atoms. The zero-order chi connectivity index (χ0) is 27.6. The lowest BCUT2D eigenvalue weighted by atomic mass is 10.0. The minimum absolute atomic E-state index is 0.0560. The number of carbonyl (C=O) groups is 3. The molecule has 1 aromatic carbocycles. The van der Waals surface area contributed by atoms with Gasteiger partial charge in [-0.15, -0.1) is 0 Å². The third kappa shape index (κ3) is 5.68. The fourth-order valence-corrected chi connectivity index (χ4v) is 3.96. The van der Waals surface area contributed by atoms with Gasteiger partial charge in [-0.1, -0.05) is 26.0 Å². The second-order valence-corrected chi connectivity index (χ2v) is 9.02. The second-order valence-electron chi connectivity index (χ2n) is 9.02. The van der Waals surface area contributed by atoms with Crippen molar-refractivity contribution in [3.63, 3.8) is 0 Å². The van der Waals surface area contributed by atoms with Gasteiger partial charge < -0.3 is 5.32 Å². The molecule has 200 valence electrons. The molecular weight excluding hydrogens is 501 g/mol. The summed E-state index contributed by atoms with van der Waals surface area (Å²) < 4.78 is 41.6. The Kier molecular flexibility index (Phi) is 7.51. The van der Waals surface area contributed by atoms with Crippen molar-refractivity contribution in [3.05, 3.63) is 70.2 Å².